The summed E-state index contributed by atoms with van der Waals surface area (Å²) in [6, 6.07) is 28.3. The van der Waals surface area contributed by atoms with E-state index in [1.54, 1.807) is 0 Å². The van der Waals surface area contributed by atoms with Crippen LogP contribution in [-0.4, -0.2) is 0 Å². The van der Waals surface area contributed by atoms with Crippen LogP contribution in [0.25, 0.3) is 32.7 Å². The van der Waals surface area contributed by atoms with Crippen LogP contribution in [0.5, 0.6) is 0 Å². The Morgan fingerprint density at radius 2 is 1.18 bits per heavy atom. The van der Waals surface area contributed by atoms with Gasteiger partial charge in [-0.15, -0.1) is 0 Å². The predicted octanol–water partition coefficient (Wildman–Crippen LogP) is 6.55. The van der Waals surface area contributed by atoms with Crippen LogP contribution >= 0.6 is 15.9 Å². The molecule has 0 aromatic heterocycles. The highest BCUT2D eigenvalue weighted by Crippen LogP contribution is 2.35. The molecule has 0 aliphatic rings. The first kappa shape index (κ1) is 13.5. The number of fused-ring (bicyclic) bond motifs is 2. The standard InChI is InChI=1S/C21H15Br/c22-14-16-12-13-21(19-10-4-3-9-18(16)19)20-11-5-7-15-6-1-2-8-17(15)20/h1-13H,14H2. The highest BCUT2D eigenvalue weighted by Gasteiger charge is 2.09. The van der Waals surface area contributed by atoms with Gasteiger partial charge in [-0.3, -0.25) is 0 Å². The van der Waals surface area contributed by atoms with E-state index in [4.69, 9.17) is 0 Å². The second-order valence-corrected chi connectivity index (χ2v) is 6.04. The van der Waals surface area contributed by atoms with Gasteiger partial charge in [0.15, 0.2) is 0 Å². The molecule has 0 heterocycles. The molecule has 4 aromatic rings. The van der Waals surface area contributed by atoms with Crippen molar-refractivity contribution in [3.8, 4) is 11.1 Å². The summed E-state index contributed by atoms with van der Waals surface area (Å²) in [5, 5.41) is 6.11. The molecule has 0 bridgehead atoms. The Morgan fingerprint density at radius 1 is 0.545 bits per heavy atom. The van der Waals surface area contributed by atoms with Gasteiger partial charge in [0, 0.05) is 5.33 Å². The van der Waals surface area contributed by atoms with Gasteiger partial charge in [-0.2, -0.15) is 0 Å². The molecule has 22 heavy (non-hydrogen) atoms. The third-order valence-corrected chi connectivity index (χ3v) is 4.84. The van der Waals surface area contributed by atoms with Crippen molar-refractivity contribution < 1.29 is 0 Å². The molecule has 0 fully saturated rings. The van der Waals surface area contributed by atoms with Crippen LogP contribution in [0, 0.1) is 0 Å². The summed E-state index contributed by atoms with van der Waals surface area (Å²) < 4.78 is 0. The molecule has 0 nitrogen and oxygen atoms in total. The highest BCUT2D eigenvalue weighted by molar-refractivity contribution is 9.08. The van der Waals surface area contributed by atoms with Gasteiger partial charge in [0.25, 0.3) is 0 Å². The Bertz CT molecular complexity index is 964. The molecule has 0 radical (unpaired) electrons. The Morgan fingerprint density at radius 3 is 2.00 bits per heavy atom. The van der Waals surface area contributed by atoms with Crippen LogP contribution in [-0.2, 0) is 5.33 Å². The fourth-order valence-corrected chi connectivity index (χ4v) is 3.66. The van der Waals surface area contributed by atoms with Gasteiger partial charge in [-0.1, -0.05) is 94.8 Å². The summed E-state index contributed by atoms with van der Waals surface area (Å²) in [5.74, 6) is 0. The molecular formula is C21H15Br. The van der Waals surface area contributed by atoms with E-state index in [0.717, 1.165) is 5.33 Å². The van der Waals surface area contributed by atoms with E-state index in [9.17, 15) is 0 Å². The zero-order valence-corrected chi connectivity index (χ0v) is 13.7. The molecule has 0 spiro atoms. The third kappa shape index (κ3) is 2.13. The van der Waals surface area contributed by atoms with Crippen molar-refractivity contribution in [2.45, 2.75) is 5.33 Å². The maximum absolute atomic E-state index is 3.60. The number of rotatable bonds is 2. The maximum Gasteiger partial charge on any atom is 0.0289 e. The maximum atomic E-state index is 3.60. The molecule has 0 saturated carbocycles. The number of hydrogen-bond donors (Lipinski definition) is 0. The lowest BCUT2D eigenvalue weighted by atomic mass is 9.92. The largest absolute Gasteiger partial charge is 0.0876 e. The monoisotopic (exact) mass is 346 g/mol. The van der Waals surface area contributed by atoms with E-state index in [1.807, 2.05) is 0 Å². The summed E-state index contributed by atoms with van der Waals surface area (Å²) in [7, 11) is 0. The van der Waals surface area contributed by atoms with Gasteiger partial charge in [-0.25, -0.2) is 0 Å². The van der Waals surface area contributed by atoms with Crippen LogP contribution in [0.2, 0.25) is 0 Å². The van der Waals surface area contributed by atoms with Crippen molar-refractivity contribution in [2.24, 2.45) is 0 Å². The minimum absolute atomic E-state index is 0.878. The van der Waals surface area contributed by atoms with E-state index in [0.29, 0.717) is 0 Å². The highest BCUT2D eigenvalue weighted by atomic mass is 79.9. The fraction of sp³-hybridized carbons (Fsp3) is 0.0476. The third-order valence-electron chi connectivity index (χ3n) is 4.24. The normalized spacial score (nSPS) is 11.1. The van der Waals surface area contributed by atoms with E-state index < -0.39 is 0 Å². The summed E-state index contributed by atoms with van der Waals surface area (Å²) >= 11 is 3.60. The second kappa shape index (κ2) is 5.58. The Hall–Kier alpha value is -2.12. The van der Waals surface area contributed by atoms with Crippen molar-refractivity contribution in [3.05, 3.63) is 84.4 Å². The van der Waals surface area contributed by atoms with E-state index in [-0.39, 0.29) is 0 Å². The lowest BCUT2D eigenvalue weighted by Gasteiger charge is -2.12. The van der Waals surface area contributed by atoms with Crippen molar-refractivity contribution >= 4 is 37.5 Å². The average Bonchev–Trinajstić information content (AvgIpc) is 2.60. The summed E-state index contributed by atoms with van der Waals surface area (Å²) in [5.41, 5.74) is 3.94. The first-order valence-electron chi connectivity index (χ1n) is 7.43. The molecule has 0 aliphatic carbocycles. The molecule has 0 unspecified atom stereocenters. The Balaban J connectivity index is 2.09. The quantitative estimate of drug-likeness (QED) is 0.361. The first-order valence-corrected chi connectivity index (χ1v) is 8.55. The van der Waals surface area contributed by atoms with Gasteiger partial charge >= 0.3 is 0 Å². The Kier molecular flexibility index (Phi) is 3.44. The number of halogens is 1. The van der Waals surface area contributed by atoms with Crippen molar-refractivity contribution in [1.29, 1.82) is 0 Å². The molecule has 0 saturated heterocycles. The van der Waals surface area contributed by atoms with Gasteiger partial charge in [0.2, 0.25) is 0 Å². The number of alkyl halides is 1. The van der Waals surface area contributed by atoms with Gasteiger partial charge in [-0.05, 0) is 38.2 Å². The molecule has 0 aliphatic heterocycles. The van der Waals surface area contributed by atoms with Crippen LogP contribution in [0.1, 0.15) is 5.56 Å². The molecule has 1 heteroatoms. The summed E-state index contributed by atoms with van der Waals surface area (Å²) in [6.45, 7) is 0. The lowest BCUT2D eigenvalue weighted by molar-refractivity contribution is 1.49. The zero-order valence-electron chi connectivity index (χ0n) is 12.1. The van der Waals surface area contributed by atoms with Crippen LogP contribution in [0.4, 0.5) is 0 Å². The van der Waals surface area contributed by atoms with Crippen LogP contribution in [0.3, 0.4) is 0 Å². The van der Waals surface area contributed by atoms with E-state index in [1.165, 1.54) is 38.2 Å². The SMILES string of the molecule is BrCc1ccc(-c2cccc3ccccc23)c2ccccc12. The topological polar surface area (TPSA) is 0 Å². The molecule has 4 aromatic carbocycles. The number of benzene rings is 4. The zero-order chi connectivity index (χ0) is 14.9. The minimum Gasteiger partial charge on any atom is -0.0876 e. The van der Waals surface area contributed by atoms with Crippen LogP contribution in [0.15, 0.2) is 78.9 Å². The minimum atomic E-state index is 0.878. The fourth-order valence-electron chi connectivity index (χ4n) is 3.17. The average molecular weight is 347 g/mol. The molecule has 0 N–H and O–H groups in total. The first-order chi connectivity index (χ1) is 10.9. The van der Waals surface area contributed by atoms with Crippen LogP contribution < -0.4 is 0 Å². The smallest absolute Gasteiger partial charge is 0.0289 e. The van der Waals surface area contributed by atoms with Gasteiger partial charge in [0.05, 0.1) is 0 Å². The van der Waals surface area contributed by atoms with Gasteiger partial charge < -0.3 is 0 Å². The molecule has 106 valence electrons. The van der Waals surface area contributed by atoms with E-state index >= 15 is 0 Å². The predicted molar refractivity (Wildman–Crippen MR) is 99.5 cm³/mol. The molecular weight excluding hydrogens is 332 g/mol. The number of hydrogen-bond acceptors (Lipinski definition) is 0. The van der Waals surface area contributed by atoms with Gasteiger partial charge in [0.1, 0.15) is 0 Å². The summed E-state index contributed by atoms with van der Waals surface area (Å²) in [6.07, 6.45) is 0. The molecule has 0 atom stereocenters. The van der Waals surface area contributed by atoms with Crippen molar-refractivity contribution in [3.63, 3.8) is 0 Å². The second-order valence-electron chi connectivity index (χ2n) is 5.48. The van der Waals surface area contributed by atoms with E-state index in [2.05, 4.69) is 94.8 Å². The Labute approximate surface area is 138 Å². The summed E-state index contributed by atoms with van der Waals surface area (Å²) in [4.78, 5) is 0. The van der Waals surface area contributed by atoms with Crippen molar-refractivity contribution in [1.82, 2.24) is 0 Å². The molecule has 4 rings (SSSR count). The van der Waals surface area contributed by atoms with Crippen molar-refractivity contribution in [2.75, 3.05) is 0 Å². The lowest BCUT2D eigenvalue weighted by Crippen LogP contribution is -1.87. The molecule has 0 amide bonds.